The van der Waals surface area contributed by atoms with Crippen LogP contribution in [-0.4, -0.2) is 42.3 Å². The molecular formula is C27H29NO5. The third kappa shape index (κ3) is 5.22. The first-order valence-electron chi connectivity index (χ1n) is 11.1. The Morgan fingerprint density at radius 3 is 2.45 bits per heavy atom. The number of hydrogen-bond acceptors (Lipinski definition) is 5. The molecule has 0 fully saturated rings. The summed E-state index contributed by atoms with van der Waals surface area (Å²) in [6, 6.07) is 19.6. The van der Waals surface area contributed by atoms with E-state index in [0.29, 0.717) is 30.9 Å². The van der Waals surface area contributed by atoms with E-state index in [1.54, 1.807) is 25.3 Å². The lowest BCUT2D eigenvalue weighted by atomic mass is 9.92. The van der Waals surface area contributed by atoms with Gasteiger partial charge in [0.25, 0.3) is 5.91 Å². The maximum absolute atomic E-state index is 13.4. The molecule has 0 saturated heterocycles. The van der Waals surface area contributed by atoms with Crippen molar-refractivity contribution in [2.24, 2.45) is 0 Å². The molecule has 0 radical (unpaired) electrons. The van der Waals surface area contributed by atoms with Crippen LogP contribution in [-0.2, 0) is 6.42 Å². The standard InChI is InChI=1S/C27H29NO5/c1-18(2)33-24-11-12-25-19(16-24)13-14-28(27(30)20-5-4-6-21(29)15-20)26(25)17-32-23-9-7-22(31-3)8-10-23/h4-12,15-16,18,26,29H,13-14,17H2,1-3H3. The van der Waals surface area contributed by atoms with Gasteiger partial charge in [0.1, 0.15) is 29.6 Å². The zero-order valence-electron chi connectivity index (χ0n) is 19.2. The van der Waals surface area contributed by atoms with E-state index in [2.05, 4.69) is 6.07 Å². The van der Waals surface area contributed by atoms with Crippen LogP contribution in [0.1, 0.15) is 41.4 Å². The van der Waals surface area contributed by atoms with E-state index in [1.807, 2.05) is 55.1 Å². The van der Waals surface area contributed by atoms with Crippen LogP contribution in [0.15, 0.2) is 66.7 Å². The average molecular weight is 448 g/mol. The van der Waals surface area contributed by atoms with Gasteiger partial charge < -0.3 is 24.2 Å². The fraction of sp³-hybridized carbons (Fsp3) is 0.296. The first kappa shape index (κ1) is 22.5. The van der Waals surface area contributed by atoms with Gasteiger partial charge in [0.2, 0.25) is 0 Å². The number of phenols is 1. The summed E-state index contributed by atoms with van der Waals surface area (Å²) in [6.07, 6.45) is 0.804. The molecule has 172 valence electrons. The molecule has 0 bridgehead atoms. The molecule has 1 unspecified atom stereocenters. The average Bonchev–Trinajstić information content (AvgIpc) is 2.81. The first-order valence-corrected chi connectivity index (χ1v) is 11.1. The minimum Gasteiger partial charge on any atom is -0.508 e. The number of hydrogen-bond donors (Lipinski definition) is 1. The number of benzene rings is 3. The molecule has 1 atom stereocenters. The number of aromatic hydroxyl groups is 1. The number of methoxy groups -OCH3 is 1. The summed E-state index contributed by atoms with van der Waals surface area (Å²) in [6.45, 7) is 4.85. The van der Waals surface area contributed by atoms with Crippen molar-refractivity contribution in [3.05, 3.63) is 83.4 Å². The van der Waals surface area contributed by atoms with Crippen LogP contribution >= 0.6 is 0 Å². The molecule has 1 N–H and O–H groups in total. The largest absolute Gasteiger partial charge is 0.508 e. The van der Waals surface area contributed by atoms with Gasteiger partial charge in [-0.2, -0.15) is 0 Å². The van der Waals surface area contributed by atoms with Gasteiger partial charge in [0.15, 0.2) is 0 Å². The third-order valence-corrected chi connectivity index (χ3v) is 5.66. The van der Waals surface area contributed by atoms with Crippen LogP contribution < -0.4 is 14.2 Å². The van der Waals surface area contributed by atoms with Gasteiger partial charge in [-0.05, 0) is 86.0 Å². The van der Waals surface area contributed by atoms with Crippen molar-refractivity contribution in [2.75, 3.05) is 20.3 Å². The summed E-state index contributed by atoms with van der Waals surface area (Å²) < 4.78 is 17.2. The number of nitrogens with zero attached hydrogens (tertiary/aromatic N) is 1. The van der Waals surface area contributed by atoms with Crippen molar-refractivity contribution in [2.45, 2.75) is 32.4 Å². The Kier molecular flexibility index (Phi) is 6.73. The summed E-state index contributed by atoms with van der Waals surface area (Å²) in [7, 11) is 1.62. The van der Waals surface area contributed by atoms with Crippen LogP contribution in [0.4, 0.5) is 0 Å². The molecule has 33 heavy (non-hydrogen) atoms. The van der Waals surface area contributed by atoms with Crippen molar-refractivity contribution in [1.82, 2.24) is 4.90 Å². The Labute approximate surface area is 194 Å². The zero-order chi connectivity index (χ0) is 23.4. The summed E-state index contributed by atoms with van der Waals surface area (Å²) in [5.74, 6) is 2.21. The van der Waals surface area contributed by atoms with Crippen LogP contribution in [0.5, 0.6) is 23.0 Å². The normalized spacial score (nSPS) is 15.2. The Hall–Kier alpha value is -3.67. The maximum Gasteiger partial charge on any atom is 0.254 e. The molecule has 0 spiro atoms. The lowest BCUT2D eigenvalue weighted by Crippen LogP contribution is -2.42. The lowest BCUT2D eigenvalue weighted by molar-refractivity contribution is 0.0589. The molecule has 1 heterocycles. The van der Waals surface area contributed by atoms with E-state index in [0.717, 1.165) is 22.6 Å². The van der Waals surface area contributed by atoms with Crippen molar-refractivity contribution in [3.8, 4) is 23.0 Å². The highest BCUT2D eigenvalue weighted by atomic mass is 16.5. The fourth-order valence-electron chi connectivity index (χ4n) is 4.11. The molecule has 1 aliphatic rings. The van der Waals surface area contributed by atoms with Gasteiger partial charge in [-0.25, -0.2) is 0 Å². The van der Waals surface area contributed by atoms with E-state index in [1.165, 1.54) is 6.07 Å². The SMILES string of the molecule is COc1ccc(OCC2c3ccc(OC(C)C)cc3CCN2C(=O)c2cccc(O)c2)cc1. The highest BCUT2D eigenvalue weighted by Crippen LogP contribution is 2.34. The summed E-state index contributed by atoms with van der Waals surface area (Å²) in [5.41, 5.74) is 2.64. The van der Waals surface area contributed by atoms with Crippen molar-refractivity contribution < 1.29 is 24.1 Å². The number of phenolic OH excluding ortho intramolecular Hbond substituents is 1. The van der Waals surface area contributed by atoms with Gasteiger partial charge in [-0.15, -0.1) is 0 Å². The second kappa shape index (κ2) is 9.86. The van der Waals surface area contributed by atoms with E-state index >= 15 is 0 Å². The molecular weight excluding hydrogens is 418 g/mol. The second-order valence-electron chi connectivity index (χ2n) is 8.33. The fourth-order valence-corrected chi connectivity index (χ4v) is 4.11. The molecule has 0 saturated carbocycles. The van der Waals surface area contributed by atoms with E-state index in [9.17, 15) is 9.90 Å². The van der Waals surface area contributed by atoms with Crippen molar-refractivity contribution in [3.63, 3.8) is 0 Å². The lowest BCUT2D eigenvalue weighted by Gasteiger charge is -2.37. The van der Waals surface area contributed by atoms with Crippen LogP contribution in [0, 0.1) is 0 Å². The van der Waals surface area contributed by atoms with E-state index in [4.69, 9.17) is 14.2 Å². The number of carbonyl (C=O) groups excluding carboxylic acids is 1. The Balaban J connectivity index is 1.63. The first-order chi connectivity index (χ1) is 15.9. The molecule has 3 aromatic rings. The maximum atomic E-state index is 13.4. The monoisotopic (exact) mass is 447 g/mol. The number of ether oxygens (including phenoxy) is 3. The number of carbonyl (C=O) groups is 1. The zero-order valence-corrected chi connectivity index (χ0v) is 19.2. The van der Waals surface area contributed by atoms with E-state index < -0.39 is 0 Å². The molecule has 1 aliphatic heterocycles. The highest BCUT2D eigenvalue weighted by Gasteiger charge is 2.32. The van der Waals surface area contributed by atoms with Gasteiger partial charge in [-0.1, -0.05) is 12.1 Å². The molecule has 4 rings (SSSR count). The molecule has 6 heteroatoms. The molecule has 0 aliphatic carbocycles. The quantitative estimate of drug-likeness (QED) is 0.552. The minimum atomic E-state index is -0.279. The second-order valence-corrected chi connectivity index (χ2v) is 8.33. The van der Waals surface area contributed by atoms with Gasteiger partial charge in [0, 0.05) is 12.1 Å². The molecule has 1 amide bonds. The summed E-state index contributed by atoms with van der Waals surface area (Å²) in [4.78, 5) is 15.2. The van der Waals surface area contributed by atoms with E-state index in [-0.39, 0.29) is 23.8 Å². The van der Waals surface area contributed by atoms with Gasteiger partial charge >= 0.3 is 0 Å². The summed E-state index contributed by atoms with van der Waals surface area (Å²) >= 11 is 0. The predicted molar refractivity (Wildman–Crippen MR) is 126 cm³/mol. The smallest absolute Gasteiger partial charge is 0.254 e. The molecule has 3 aromatic carbocycles. The van der Waals surface area contributed by atoms with Crippen molar-refractivity contribution in [1.29, 1.82) is 0 Å². The van der Waals surface area contributed by atoms with Crippen LogP contribution in [0.25, 0.3) is 0 Å². The molecule has 0 aromatic heterocycles. The topological polar surface area (TPSA) is 68.2 Å². The van der Waals surface area contributed by atoms with Gasteiger partial charge in [0.05, 0.1) is 19.3 Å². The highest BCUT2D eigenvalue weighted by molar-refractivity contribution is 5.95. The Morgan fingerprint density at radius 1 is 1.03 bits per heavy atom. The minimum absolute atomic E-state index is 0.0692. The van der Waals surface area contributed by atoms with Crippen LogP contribution in [0.3, 0.4) is 0 Å². The van der Waals surface area contributed by atoms with Crippen LogP contribution in [0.2, 0.25) is 0 Å². The van der Waals surface area contributed by atoms with Crippen molar-refractivity contribution >= 4 is 5.91 Å². The Bertz CT molecular complexity index is 1110. The number of amides is 1. The number of fused-ring (bicyclic) bond motifs is 1. The molecule has 6 nitrogen and oxygen atoms in total. The Morgan fingerprint density at radius 2 is 1.76 bits per heavy atom. The predicted octanol–water partition coefficient (Wildman–Crippen LogP) is 5.01. The van der Waals surface area contributed by atoms with Gasteiger partial charge in [-0.3, -0.25) is 4.79 Å². The third-order valence-electron chi connectivity index (χ3n) is 5.66. The number of rotatable bonds is 7. The summed E-state index contributed by atoms with van der Waals surface area (Å²) in [5, 5.41) is 9.86.